The Balaban J connectivity index is 1.83. The Labute approximate surface area is 145 Å². The quantitative estimate of drug-likeness (QED) is 0.866. The molecule has 3 rings (SSSR count). The predicted molar refractivity (Wildman–Crippen MR) is 91.2 cm³/mol. The van der Waals surface area contributed by atoms with Crippen molar-refractivity contribution in [3.05, 3.63) is 70.2 Å². The maximum absolute atomic E-state index is 12.7. The van der Waals surface area contributed by atoms with Crippen LogP contribution in [-0.2, 0) is 4.74 Å². The smallest absolute Gasteiger partial charge is 0.266 e. The molecule has 2 aromatic carbocycles. The molecule has 2 aromatic rings. The number of carbonyl (C=O) groups excluding carboxylic acids is 2. The highest BCUT2D eigenvalue weighted by Gasteiger charge is 2.20. The van der Waals surface area contributed by atoms with Crippen molar-refractivity contribution >= 4 is 23.3 Å². The minimum atomic E-state index is -0.296. The van der Waals surface area contributed by atoms with E-state index in [1.165, 1.54) is 0 Å². The van der Waals surface area contributed by atoms with Gasteiger partial charge >= 0.3 is 0 Å². The normalized spacial score (nSPS) is 15.0. The molecule has 1 aliphatic heterocycles. The molecule has 0 aromatic heterocycles. The molecule has 124 valence electrons. The zero-order valence-electron chi connectivity index (χ0n) is 13.0. The van der Waals surface area contributed by atoms with Crippen LogP contribution in [0.25, 0.3) is 0 Å². The summed E-state index contributed by atoms with van der Waals surface area (Å²) < 4.78 is 5.26. The maximum Gasteiger partial charge on any atom is 0.266 e. The molecule has 1 saturated heterocycles. The number of rotatable bonds is 4. The van der Waals surface area contributed by atoms with Gasteiger partial charge in [-0.15, -0.1) is 0 Å². The molecule has 24 heavy (non-hydrogen) atoms. The van der Waals surface area contributed by atoms with E-state index in [0.717, 1.165) is 0 Å². The van der Waals surface area contributed by atoms with Crippen LogP contribution in [0.15, 0.2) is 48.5 Å². The van der Waals surface area contributed by atoms with Crippen LogP contribution in [0.3, 0.4) is 0 Å². The Bertz CT molecular complexity index is 740. The Hall–Kier alpha value is -2.21. The SMILES string of the molecule is O=C(NN1CCOCC1)c1ccccc1C(=O)c1ccc(Cl)cc1. The monoisotopic (exact) mass is 344 g/mol. The second-order valence-corrected chi connectivity index (χ2v) is 5.86. The van der Waals surface area contributed by atoms with Gasteiger partial charge in [0, 0.05) is 29.2 Å². The predicted octanol–water partition coefficient (Wildman–Crippen LogP) is 2.55. The van der Waals surface area contributed by atoms with E-state index in [-0.39, 0.29) is 11.7 Å². The Morgan fingerprint density at radius 3 is 2.25 bits per heavy atom. The highest BCUT2D eigenvalue weighted by molar-refractivity contribution is 6.30. The number of halogens is 1. The topological polar surface area (TPSA) is 58.6 Å². The lowest BCUT2D eigenvalue weighted by molar-refractivity contribution is 0.0126. The molecule has 1 fully saturated rings. The van der Waals surface area contributed by atoms with Gasteiger partial charge in [0.2, 0.25) is 0 Å². The number of ether oxygens (including phenoxy) is 1. The number of hydrogen-bond donors (Lipinski definition) is 1. The molecule has 1 heterocycles. The standard InChI is InChI=1S/C18H17ClN2O3/c19-14-7-5-13(6-8-14)17(22)15-3-1-2-4-16(15)18(23)20-21-9-11-24-12-10-21/h1-8H,9-12H2,(H,20,23). The van der Waals surface area contributed by atoms with Crippen LogP contribution in [-0.4, -0.2) is 43.0 Å². The number of nitrogens with zero attached hydrogens (tertiary/aromatic N) is 1. The van der Waals surface area contributed by atoms with E-state index in [2.05, 4.69) is 5.43 Å². The molecule has 0 aliphatic carbocycles. The molecule has 1 N–H and O–H groups in total. The minimum Gasteiger partial charge on any atom is -0.379 e. The summed E-state index contributed by atoms with van der Waals surface area (Å²) in [4.78, 5) is 25.3. The van der Waals surface area contributed by atoms with Gasteiger partial charge < -0.3 is 4.74 Å². The van der Waals surface area contributed by atoms with Crippen molar-refractivity contribution in [3.63, 3.8) is 0 Å². The van der Waals surface area contributed by atoms with Crippen molar-refractivity contribution < 1.29 is 14.3 Å². The maximum atomic E-state index is 12.7. The summed E-state index contributed by atoms with van der Waals surface area (Å²) >= 11 is 5.86. The third-order valence-corrected chi connectivity index (χ3v) is 4.05. The fourth-order valence-electron chi connectivity index (χ4n) is 2.51. The third-order valence-electron chi connectivity index (χ3n) is 3.79. The molecule has 0 bridgehead atoms. The Morgan fingerprint density at radius 2 is 1.58 bits per heavy atom. The van der Waals surface area contributed by atoms with Gasteiger partial charge in [-0.05, 0) is 30.3 Å². The highest BCUT2D eigenvalue weighted by atomic mass is 35.5. The lowest BCUT2D eigenvalue weighted by Crippen LogP contribution is -2.48. The molecule has 6 heteroatoms. The zero-order valence-corrected chi connectivity index (χ0v) is 13.8. The van der Waals surface area contributed by atoms with Crippen LogP contribution in [0.5, 0.6) is 0 Å². The number of hydrazine groups is 1. The lowest BCUT2D eigenvalue weighted by atomic mass is 9.98. The Morgan fingerprint density at radius 1 is 0.958 bits per heavy atom. The van der Waals surface area contributed by atoms with E-state index in [4.69, 9.17) is 16.3 Å². The van der Waals surface area contributed by atoms with Gasteiger partial charge in [0.05, 0.1) is 18.8 Å². The van der Waals surface area contributed by atoms with Crippen molar-refractivity contribution in [1.29, 1.82) is 0 Å². The molecule has 0 radical (unpaired) electrons. The first-order valence-electron chi connectivity index (χ1n) is 7.68. The van der Waals surface area contributed by atoms with Gasteiger partial charge in [0.25, 0.3) is 5.91 Å². The molecule has 0 atom stereocenters. The summed E-state index contributed by atoms with van der Waals surface area (Å²) in [6.07, 6.45) is 0. The van der Waals surface area contributed by atoms with Crippen LogP contribution < -0.4 is 5.43 Å². The molecule has 0 unspecified atom stereocenters. The zero-order chi connectivity index (χ0) is 16.9. The molecular weight excluding hydrogens is 328 g/mol. The van der Waals surface area contributed by atoms with Crippen molar-refractivity contribution in [2.45, 2.75) is 0 Å². The van der Waals surface area contributed by atoms with Crippen molar-refractivity contribution in [1.82, 2.24) is 10.4 Å². The van der Waals surface area contributed by atoms with Gasteiger partial charge in [-0.25, -0.2) is 5.01 Å². The minimum absolute atomic E-state index is 0.209. The number of morpholine rings is 1. The summed E-state index contributed by atoms with van der Waals surface area (Å²) in [5.41, 5.74) is 4.04. The number of amides is 1. The fraction of sp³-hybridized carbons (Fsp3) is 0.222. The van der Waals surface area contributed by atoms with Gasteiger partial charge in [-0.2, -0.15) is 0 Å². The molecule has 1 aliphatic rings. The van der Waals surface area contributed by atoms with Crippen molar-refractivity contribution in [2.24, 2.45) is 0 Å². The second-order valence-electron chi connectivity index (χ2n) is 5.42. The Kier molecular flexibility index (Phi) is 5.25. The summed E-state index contributed by atoms with van der Waals surface area (Å²) in [6, 6.07) is 13.4. The number of benzene rings is 2. The lowest BCUT2D eigenvalue weighted by Gasteiger charge is -2.27. The van der Waals surface area contributed by atoms with E-state index in [1.54, 1.807) is 53.5 Å². The molecule has 5 nitrogen and oxygen atoms in total. The number of carbonyl (C=O) groups is 2. The number of ketones is 1. The largest absolute Gasteiger partial charge is 0.379 e. The molecule has 1 amide bonds. The highest BCUT2D eigenvalue weighted by Crippen LogP contribution is 2.17. The molecular formula is C18H17ClN2O3. The van der Waals surface area contributed by atoms with Crippen LogP contribution >= 0.6 is 11.6 Å². The molecule has 0 saturated carbocycles. The summed E-state index contributed by atoms with van der Waals surface area (Å²) in [6.45, 7) is 2.40. The summed E-state index contributed by atoms with van der Waals surface area (Å²) in [5.74, 6) is -0.505. The van der Waals surface area contributed by atoms with Crippen LogP contribution in [0, 0.1) is 0 Å². The molecule has 0 spiro atoms. The van der Waals surface area contributed by atoms with Gasteiger partial charge in [0.15, 0.2) is 5.78 Å². The number of hydrogen-bond acceptors (Lipinski definition) is 4. The van der Waals surface area contributed by atoms with Gasteiger partial charge in [-0.3, -0.25) is 15.0 Å². The van der Waals surface area contributed by atoms with E-state index < -0.39 is 0 Å². The first-order chi connectivity index (χ1) is 11.6. The first kappa shape index (κ1) is 16.6. The second kappa shape index (κ2) is 7.57. The number of nitrogens with one attached hydrogen (secondary N) is 1. The van der Waals surface area contributed by atoms with Crippen LogP contribution in [0.1, 0.15) is 26.3 Å². The van der Waals surface area contributed by atoms with E-state index in [0.29, 0.717) is 48.0 Å². The first-order valence-corrected chi connectivity index (χ1v) is 8.06. The van der Waals surface area contributed by atoms with Crippen molar-refractivity contribution in [3.8, 4) is 0 Å². The van der Waals surface area contributed by atoms with E-state index >= 15 is 0 Å². The van der Waals surface area contributed by atoms with E-state index in [1.807, 2.05) is 0 Å². The third kappa shape index (κ3) is 3.82. The fourth-order valence-corrected chi connectivity index (χ4v) is 2.64. The van der Waals surface area contributed by atoms with Gasteiger partial charge in [0.1, 0.15) is 0 Å². The average molecular weight is 345 g/mol. The van der Waals surface area contributed by atoms with Crippen molar-refractivity contribution in [2.75, 3.05) is 26.3 Å². The van der Waals surface area contributed by atoms with Crippen LogP contribution in [0.4, 0.5) is 0 Å². The van der Waals surface area contributed by atoms with Crippen LogP contribution in [0.2, 0.25) is 5.02 Å². The summed E-state index contributed by atoms with van der Waals surface area (Å²) in [5, 5.41) is 2.36. The average Bonchev–Trinajstić information content (AvgIpc) is 2.62. The van der Waals surface area contributed by atoms with E-state index in [9.17, 15) is 9.59 Å². The summed E-state index contributed by atoms with van der Waals surface area (Å²) in [7, 11) is 0. The van der Waals surface area contributed by atoms with Gasteiger partial charge in [-0.1, -0.05) is 29.8 Å².